The zero-order valence-electron chi connectivity index (χ0n) is 16.7. The highest BCUT2D eigenvalue weighted by molar-refractivity contribution is 6.16. The molecule has 1 amide bonds. The number of hydrogen-bond acceptors (Lipinski definition) is 4. The number of amides is 1. The second-order valence-corrected chi connectivity index (χ2v) is 7.62. The molecule has 0 spiro atoms. The SMILES string of the molecule is C[NH+](C)CCN1C(=O)C(O)=C(C(=O)c2cc3ccccc3o2)[C@H]1c1ccccc1F. The maximum Gasteiger partial charge on any atom is 0.290 e. The number of Topliss-reactive ketones (excluding diaryl/α,β-unsaturated/α-hetero) is 1. The Bertz CT molecular complexity index is 1130. The van der Waals surface area contributed by atoms with Crippen molar-refractivity contribution >= 4 is 22.7 Å². The molecule has 2 N–H and O–H groups in total. The van der Waals surface area contributed by atoms with Crippen molar-refractivity contribution in [3.05, 3.63) is 83.1 Å². The van der Waals surface area contributed by atoms with Crippen LogP contribution in [0.2, 0.25) is 0 Å². The van der Waals surface area contributed by atoms with Gasteiger partial charge < -0.3 is 19.3 Å². The van der Waals surface area contributed by atoms with Gasteiger partial charge in [-0.25, -0.2) is 4.39 Å². The fourth-order valence-corrected chi connectivity index (χ4v) is 3.71. The summed E-state index contributed by atoms with van der Waals surface area (Å²) in [5, 5.41) is 11.3. The summed E-state index contributed by atoms with van der Waals surface area (Å²) in [7, 11) is 3.85. The molecule has 1 aliphatic heterocycles. The highest BCUT2D eigenvalue weighted by Gasteiger charge is 2.45. The Morgan fingerprint density at radius 3 is 2.57 bits per heavy atom. The zero-order chi connectivity index (χ0) is 21.4. The van der Waals surface area contributed by atoms with Gasteiger partial charge in [-0.2, -0.15) is 0 Å². The van der Waals surface area contributed by atoms with Crippen molar-refractivity contribution in [2.45, 2.75) is 6.04 Å². The number of rotatable bonds is 6. The largest absolute Gasteiger partial charge is 0.503 e. The van der Waals surface area contributed by atoms with Crippen LogP contribution in [0.4, 0.5) is 4.39 Å². The first-order valence-corrected chi connectivity index (χ1v) is 9.69. The number of para-hydroxylation sites is 1. The van der Waals surface area contributed by atoms with Crippen LogP contribution < -0.4 is 4.90 Å². The van der Waals surface area contributed by atoms with Gasteiger partial charge in [0.1, 0.15) is 11.4 Å². The molecular formula is C23H22FN2O4+. The van der Waals surface area contributed by atoms with Gasteiger partial charge >= 0.3 is 0 Å². The average molecular weight is 409 g/mol. The number of hydrogen-bond donors (Lipinski definition) is 2. The lowest BCUT2D eigenvalue weighted by atomic mass is 9.94. The van der Waals surface area contributed by atoms with Crippen molar-refractivity contribution in [2.75, 3.05) is 27.2 Å². The molecule has 1 aromatic heterocycles. The first-order valence-electron chi connectivity index (χ1n) is 9.69. The second kappa shape index (κ2) is 7.76. The van der Waals surface area contributed by atoms with E-state index in [-0.39, 0.29) is 23.4 Å². The molecule has 0 saturated heterocycles. The molecule has 0 radical (unpaired) electrons. The number of quaternary nitrogens is 1. The molecule has 6 nitrogen and oxygen atoms in total. The number of likely N-dealkylation sites (N-methyl/N-ethyl adjacent to an activating group) is 1. The third-order valence-corrected chi connectivity index (χ3v) is 5.25. The number of furan rings is 1. The molecule has 154 valence electrons. The number of nitrogens with zero attached hydrogens (tertiary/aromatic N) is 1. The van der Waals surface area contributed by atoms with E-state index in [4.69, 9.17) is 4.42 Å². The summed E-state index contributed by atoms with van der Waals surface area (Å²) in [6, 6.07) is 13.6. The molecule has 0 aliphatic carbocycles. The molecule has 0 unspecified atom stereocenters. The number of aliphatic hydroxyl groups is 1. The van der Waals surface area contributed by atoms with Crippen molar-refractivity contribution in [1.82, 2.24) is 4.90 Å². The molecular weight excluding hydrogens is 387 g/mol. The smallest absolute Gasteiger partial charge is 0.290 e. The number of fused-ring (bicyclic) bond motifs is 1. The van der Waals surface area contributed by atoms with Crippen LogP contribution in [0, 0.1) is 5.82 Å². The van der Waals surface area contributed by atoms with E-state index in [1.54, 1.807) is 30.3 Å². The van der Waals surface area contributed by atoms with E-state index >= 15 is 0 Å². The van der Waals surface area contributed by atoms with Gasteiger partial charge in [0.2, 0.25) is 5.78 Å². The van der Waals surface area contributed by atoms with Crippen LogP contribution in [-0.2, 0) is 4.79 Å². The molecule has 30 heavy (non-hydrogen) atoms. The van der Waals surface area contributed by atoms with Gasteiger partial charge in [0.25, 0.3) is 5.91 Å². The van der Waals surface area contributed by atoms with Crippen molar-refractivity contribution in [3.8, 4) is 0 Å². The summed E-state index contributed by atoms with van der Waals surface area (Å²) in [5.74, 6) is -2.55. The van der Waals surface area contributed by atoms with E-state index in [2.05, 4.69) is 0 Å². The van der Waals surface area contributed by atoms with Crippen LogP contribution in [0.3, 0.4) is 0 Å². The molecule has 2 aromatic carbocycles. The minimum Gasteiger partial charge on any atom is -0.503 e. The van der Waals surface area contributed by atoms with E-state index in [9.17, 15) is 19.1 Å². The first-order chi connectivity index (χ1) is 14.4. The lowest BCUT2D eigenvalue weighted by molar-refractivity contribution is -0.857. The number of benzene rings is 2. The first kappa shape index (κ1) is 19.8. The van der Waals surface area contributed by atoms with Gasteiger partial charge in [-0.05, 0) is 18.2 Å². The number of nitrogens with one attached hydrogen (secondary N) is 1. The Labute approximate surface area is 172 Å². The molecule has 0 saturated carbocycles. The number of halogens is 1. The second-order valence-electron chi connectivity index (χ2n) is 7.62. The van der Waals surface area contributed by atoms with E-state index < -0.39 is 29.3 Å². The lowest BCUT2D eigenvalue weighted by Gasteiger charge is -2.27. The Morgan fingerprint density at radius 1 is 1.17 bits per heavy atom. The predicted octanol–water partition coefficient (Wildman–Crippen LogP) is 2.29. The van der Waals surface area contributed by atoms with Gasteiger partial charge in [0.05, 0.1) is 38.8 Å². The summed E-state index contributed by atoms with van der Waals surface area (Å²) in [6.07, 6.45) is 0. The summed E-state index contributed by atoms with van der Waals surface area (Å²) in [4.78, 5) is 28.6. The number of aliphatic hydroxyl groups excluding tert-OH is 1. The fourth-order valence-electron chi connectivity index (χ4n) is 3.71. The number of carbonyl (C=O) groups excluding carboxylic acids is 2. The minimum absolute atomic E-state index is 0.00743. The van der Waals surface area contributed by atoms with Crippen LogP contribution in [-0.4, -0.2) is 48.9 Å². The Kier molecular flexibility index (Phi) is 5.13. The minimum atomic E-state index is -1.03. The maximum atomic E-state index is 14.7. The van der Waals surface area contributed by atoms with Crippen molar-refractivity contribution in [1.29, 1.82) is 0 Å². The quantitative estimate of drug-likeness (QED) is 0.613. The highest BCUT2D eigenvalue weighted by atomic mass is 19.1. The van der Waals surface area contributed by atoms with Gasteiger partial charge in [-0.15, -0.1) is 0 Å². The van der Waals surface area contributed by atoms with E-state index in [1.807, 2.05) is 20.2 Å². The van der Waals surface area contributed by atoms with Gasteiger partial charge in [-0.3, -0.25) is 9.59 Å². The molecule has 7 heteroatoms. The third-order valence-electron chi connectivity index (χ3n) is 5.25. The van der Waals surface area contributed by atoms with Crippen molar-refractivity contribution < 1.29 is 28.4 Å². The van der Waals surface area contributed by atoms with Crippen molar-refractivity contribution in [3.63, 3.8) is 0 Å². The standard InChI is InChI=1S/C23H21FN2O4/c1-25(2)11-12-26-20(15-8-4-5-9-16(15)24)19(22(28)23(26)29)21(27)18-13-14-7-3-6-10-17(14)30-18/h3-10,13,20,28H,11-12H2,1-2H3/p+1/t20-/m1/s1. The number of carbonyl (C=O) groups is 2. The normalized spacial score (nSPS) is 16.9. The van der Waals surface area contributed by atoms with E-state index in [0.29, 0.717) is 12.1 Å². The van der Waals surface area contributed by atoms with E-state index in [0.717, 1.165) is 10.3 Å². The summed E-state index contributed by atoms with van der Waals surface area (Å²) in [5.41, 5.74) is 0.502. The highest BCUT2D eigenvalue weighted by Crippen LogP contribution is 2.40. The molecule has 1 aliphatic rings. The van der Waals surface area contributed by atoms with Gasteiger partial charge in [0, 0.05) is 10.9 Å². The van der Waals surface area contributed by atoms with Crippen LogP contribution in [0.5, 0.6) is 0 Å². The fraction of sp³-hybridized carbons (Fsp3) is 0.217. The molecule has 4 rings (SSSR count). The Hall–Kier alpha value is -3.45. The van der Waals surface area contributed by atoms with E-state index in [1.165, 1.54) is 23.1 Å². The monoisotopic (exact) mass is 409 g/mol. The van der Waals surface area contributed by atoms with Gasteiger partial charge in [0.15, 0.2) is 11.5 Å². The van der Waals surface area contributed by atoms with Crippen LogP contribution in [0.1, 0.15) is 22.2 Å². The maximum absolute atomic E-state index is 14.7. The Morgan fingerprint density at radius 2 is 1.87 bits per heavy atom. The molecule has 0 fully saturated rings. The number of ketones is 1. The lowest BCUT2D eigenvalue weighted by Crippen LogP contribution is -3.06. The Balaban J connectivity index is 1.81. The average Bonchev–Trinajstić information content (AvgIpc) is 3.26. The predicted molar refractivity (Wildman–Crippen MR) is 109 cm³/mol. The van der Waals surface area contributed by atoms with Crippen LogP contribution in [0.15, 0.2) is 70.3 Å². The van der Waals surface area contributed by atoms with Gasteiger partial charge in [-0.1, -0.05) is 36.4 Å². The summed E-state index contributed by atoms with van der Waals surface area (Å²) in [6.45, 7) is 0.817. The van der Waals surface area contributed by atoms with Crippen LogP contribution >= 0.6 is 0 Å². The van der Waals surface area contributed by atoms with Crippen LogP contribution in [0.25, 0.3) is 11.0 Å². The summed E-state index contributed by atoms with van der Waals surface area (Å²) < 4.78 is 20.3. The van der Waals surface area contributed by atoms with Crippen molar-refractivity contribution in [2.24, 2.45) is 0 Å². The third kappa shape index (κ3) is 3.37. The molecule has 1 atom stereocenters. The molecule has 2 heterocycles. The topological polar surface area (TPSA) is 75.2 Å². The summed E-state index contributed by atoms with van der Waals surface area (Å²) >= 11 is 0. The molecule has 0 bridgehead atoms. The zero-order valence-corrected chi connectivity index (χ0v) is 16.7. The molecule has 3 aromatic rings.